The highest BCUT2D eigenvalue weighted by molar-refractivity contribution is 7.10. The molecule has 23 heavy (non-hydrogen) atoms. The molecule has 1 atom stereocenters. The van der Waals surface area contributed by atoms with E-state index in [1.165, 1.54) is 10.4 Å². The van der Waals surface area contributed by atoms with Crippen molar-refractivity contribution in [3.05, 3.63) is 21.9 Å². The number of amides is 3. The summed E-state index contributed by atoms with van der Waals surface area (Å²) >= 11 is 1.64. The van der Waals surface area contributed by atoms with Gasteiger partial charge in [0.2, 0.25) is 5.91 Å². The Balaban J connectivity index is 1.79. The van der Waals surface area contributed by atoms with Crippen molar-refractivity contribution in [3.8, 4) is 0 Å². The molecule has 2 rings (SSSR count). The summed E-state index contributed by atoms with van der Waals surface area (Å²) in [6.45, 7) is 4.92. The third kappa shape index (κ3) is 5.49. The first-order valence-corrected chi connectivity index (χ1v) is 8.48. The molecule has 0 bridgehead atoms. The quantitative estimate of drug-likeness (QED) is 0.784. The summed E-state index contributed by atoms with van der Waals surface area (Å²) in [6, 6.07) is 1.97. The molecule has 1 aliphatic rings. The van der Waals surface area contributed by atoms with Gasteiger partial charge in [-0.15, -0.1) is 11.3 Å². The van der Waals surface area contributed by atoms with Gasteiger partial charge in [0.25, 0.3) is 0 Å². The Labute approximate surface area is 140 Å². The number of urea groups is 1. The van der Waals surface area contributed by atoms with Gasteiger partial charge in [0.05, 0.1) is 25.8 Å². The highest BCUT2D eigenvalue weighted by atomic mass is 32.1. The first kappa shape index (κ1) is 17.7. The summed E-state index contributed by atoms with van der Waals surface area (Å²) in [5.74, 6) is -0.371. The van der Waals surface area contributed by atoms with Gasteiger partial charge in [0, 0.05) is 24.5 Å². The first-order chi connectivity index (χ1) is 11.0. The lowest BCUT2D eigenvalue weighted by molar-refractivity contribution is -0.119. The molecule has 3 N–H and O–H groups in total. The van der Waals surface area contributed by atoms with Crippen molar-refractivity contribution in [2.45, 2.75) is 19.6 Å². The van der Waals surface area contributed by atoms with E-state index in [4.69, 9.17) is 10.5 Å². The fourth-order valence-corrected chi connectivity index (χ4v) is 3.39. The maximum Gasteiger partial charge on any atom is 0.317 e. The maximum absolute atomic E-state index is 12.3. The molecule has 1 aromatic rings. The second-order valence-electron chi connectivity index (χ2n) is 5.79. The van der Waals surface area contributed by atoms with Gasteiger partial charge in [-0.1, -0.05) is 0 Å². The van der Waals surface area contributed by atoms with Crippen LogP contribution in [0.25, 0.3) is 0 Å². The maximum atomic E-state index is 12.3. The molecule has 0 aromatic carbocycles. The van der Waals surface area contributed by atoms with Crippen LogP contribution in [0.1, 0.15) is 10.4 Å². The summed E-state index contributed by atoms with van der Waals surface area (Å²) in [7, 11) is 1.81. The highest BCUT2D eigenvalue weighted by Crippen LogP contribution is 2.15. The van der Waals surface area contributed by atoms with E-state index in [0.29, 0.717) is 32.8 Å². The van der Waals surface area contributed by atoms with Crippen LogP contribution in [-0.4, -0.2) is 67.7 Å². The summed E-state index contributed by atoms with van der Waals surface area (Å²) in [4.78, 5) is 27.9. The predicted molar refractivity (Wildman–Crippen MR) is 89.3 cm³/mol. The Kier molecular flexibility index (Phi) is 6.37. The number of nitrogens with zero attached hydrogens (tertiary/aromatic N) is 2. The van der Waals surface area contributed by atoms with E-state index in [-0.39, 0.29) is 24.6 Å². The largest absolute Gasteiger partial charge is 0.373 e. The lowest BCUT2D eigenvalue weighted by Gasteiger charge is -2.34. The number of likely N-dealkylation sites (N-methyl/N-ethyl adjacent to an activating group) is 1. The van der Waals surface area contributed by atoms with Crippen LogP contribution in [-0.2, 0) is 16.1 Å². The van der Waals surface area contributed by atoms with E-state index in [0.717, 1.165) is 0 Å². The van der Waals surface area contributed by atoms with Crippen LogP contribution in [0, 0.1) is 6.92 Å². The minimum absolute atomic E-state index is 0.0799. The van der Waals surface area contributed by atoms with Crippen LogP contribution < -0.4 is 11.1 Å². The summed E-state index contributed by atoms with van der Waals surface area (Å²) in [6.07, 6.45) is -0.109. The van der Waals surface area contributed by atoms with E-state index >= 15 is 0 Å². The fraction of sp³-hybridized carbons (Fsp3) is 0.600. The molecule has 1 aliphatic heterocycles. The summed E-state index contributed by atoms with van der Waals surface area (Å²) in [5, 5.41) is 4.98. The molecule has 1 aromatic heterocycles. The lowest BCUT2D eigenvalue weighted by atomic mass is 10.2. The normalized spacial score (nSPS) is 18.2. The zero-order valence-electron chi connectivity index (χ0n) is 13.6. The van der Waals surface area contributed by atoms with Gasteiger partial charge in [-0.05, 0) is 31.0 Å². The topological polar surface area (TPSA) is 87.9 Å². The second-order valence-corrected chi connectivity index (χ2v) is 6.79. The fourth-order valence-electron chi connectivity index (χ4n) is 2.55. The number of ether oxygens (including phenoxy) is 1. The average Bonchev–Trinajstić information content (AvgIpc) is 2.89. The molecule has 8 heteroatoms. The third-order valence-electron chi connectivity index (χ3n) is 3.74. The minimum atomic E-state index is -0.371. The zero-order chi connectivity index (χ0) is 16.8. The first-order valence-electron chi connectivity index (χ1n) is 7.60. The molecule has 3 amide bonds. The van der Waals surface area contributed by atoms with Gasteiger partial charge < -0.3 is 20.7 Å². The molecule has 0 radical (unpaired) electrons. The van der Waals surface area contributed by atoms with Crippen LogP contribution in [0.15, 0.2) is 11.4 Å². The highest BCUT2D eigenvalue weighted by Gasteiger charge is 2.25. The molecular formula is C15H24N4O3S. The summed E-state index contributed by atoms with van der Waals surface area (Å²) in [5.41, 5.74) is 6.37. The number of hydrogen-bond acceptors (Lipinski definition) is 5. The summed E-state index contributed by atoms with van der Waals surface area (Å²) < 4.78 is 5.67. The van der Waals surface area contributed by atoms with Crippen LogP contribution in [0.4, 0.5) is 4.79 Å². The number of carbonyl (C=O) groups is 2. The van der Waals surface area contributed by atoms with Crippen LogP contribution in [0.5, 0.6) is 0 Å². The Morgan fingerprint density at radius 3 is 3.00 bits per heavy atom. The number of aryl methyl sites for hydroxylation is 1. The SMILES string of the molecule is Cc1ccsc1CNC(=O)N1CCOC(CN(C)CC(N)=O)C1. The van der Waals surface area contributed by atoms with E-state index in [1.54, 1.807) is 16.2 Å². The number of thiophene rings is 1. The number of nitrogens with one attached hydrogen (secondary N) is 1. The molecule has 1 unspecified atom stereocenters. The van der Waals surface area contributed by atoms with Gasteiger partial charge in [0.15, 0.2) is 0 Å². The van der Waals surface area contributed by atoms with Crippen LogP contribution >= 0.6 is 11.3 Å². The Morgan fingerprint density at radius 1 is 1.57 bits per heavy atom. The second kappa shape index (κ2) is 8.28. The van der Waals surface area contributed by atoms with Crippen molar-refractivity contribution in [2.24, 2.45) is 5.73 Å². The molecule has 0 spiro atoms. The van der Waals surface area contributed by atoms with Gasteiger partial charge in [-0.3, -0.25) is 9.69 Å². The molecule has 0 aliphatic carbocycles. The van der Waals surface area contributed by atoms with E-state index in [1.807, 2.05) is 30.3 Å². The van der Waals surface area contributed by atoms with Crippen molar-refractivity contribution in [1.82, 2.24) is 15.1 Å². The monoisotopic (exact) mass is 340 g/mol. The predicted octanol–water partition coefficient (Wildman–Crippen LogP) is 0.384. The molecule has 1 fully saturated rings. The minimum Gasteiger partial charge on any atom is -0.373 e. The van der Waals surface area contributed by atoms with E-state index < -0.39 is 0 Å². The van der Waals surface area contributed by atoms with Gasteiger partial charge >= 0.3 is 6.03 Å². The van der Waals surface area contributed by atoms with Gasteiger partial charge in [-0.25, -0.2) is 4.79 Å². The van der Waals surface area contributed by atoms with Crippen LogP contribution in [0.2, 0.25) is 0 Å². The molecular weight excluding hydrogens is 316 g/mol. The zero-order valence-corrected chi connectivity index (χ0v) is 14.4. The lowest BCUT2D eigenvalue weighted by Crippen LogP contribution is -2.52. The van der Waals surface area contributed by atoms with Gasteiger partial charge in [0.1, 0.15) is 0 Å². The molecule has 2 heterocycles. The standard InChI is InChI=1S/C15H24N4O3S/c1-11-3-6-23-13(11)7-17-15(21)19-4-5-22-12(9-19)8-18(2)10-14(16)20/h3,6,12H,4-5,7-10H2,1-2H3,(H2,16,20)(H,17,21). The van der Waals surface area contributed by atoms with Crippen molar-refractivity contribution in [1.29, 1.82) is 0 Å². The Hall–Kier alpha value is -1.64. The molecule has 128 valence electrons. The van der Waals surface area contributed by atoms with Crippen molar-refractivity contribution in [2.75, 3.05) is 39.8 Å². The number of hydrogen-bond donors (Lipinski definition) is 2. The molecule has 7 nitrogen and oxygen atoms in total. The van der Waals surface area contributed by atoms with E-state index in [2.05, 4.69) is 5.32 Å². The average molecular weight is 340 g/mol. The number of morpholine rings is 1. The number of nitrogens with two attached hydrogens (primary N) is 1. The molecule has 1 saturated heterocycles. The third-order valence-corrected chi connectivity index (χ3v) is 4.76. The number of carbonyl (C=O) groups excluding carboxylic acids is 2. The number of primary amides is 1. The Bertz CT molecular complexity index is 549. The Morgan fingerprint density at radius 2 is 2.35 bits per heavy atom. The molecule has 0 saturated carbocycles. The number of rotatable bonds is 6. The smallest absolute Gasteiger partial charge is 0.317 e. The van der Waals surface area contributed by atoms with Crippen molar-refractivity contribution in [3.63, 3.8) is 0 Å². The van der Waals surface area contributed by atoms with Gasteiger partial charge in [-0.2, -0.15) is 0 Å². The van der Waals surface area contributed by atoms with Crippen LogP contribution in [0.3, 0.4) is 0 Å². The van der Waals surface area contributed by atoms with E-state index in [9.17, 15) is 9.59 Å². The van der Waals surface area contributed by atoms with Crippen molar-refractivity contribution < 1.29 is 14.3 Å². The van der Waals surface area contributed by atoms with Crippen molar-refractivity contribution >= 4 is 23.3 Å².